The molecule has 0 aliphatic rings. The number of carbonyl (C=O) groups excluding carboxylic acids is 2. The topological polar surface area (TPSA) is 98.7 Å². The van der Waals surface area contributed by atoms with Crippen LogP contribution in [-0.2, 0) is 4.74 Å². The van der Waals surface area contributed by atoms with Gasteiger partial charge < -0.3 is 10.5 Å². The number of hydrogen-bond acceptors (Lipinski definition) is 4. The van der Waals surface area contributed by atoms with Gasteiger partial charge in [-0.1, -0.05) is 12.1 Å². The number of hydrazine groups is 1. The van der Waals surface area contributed by atoms with Gasteiger partial charge in [-0.3, -0.25) is 4.79 Å². The summed E-state index contributed by atoms with van der Waals surface area (Å²) in [6, 6.07) is 6.28. The van der Waals surface area contributed by atoms with Crippen molar-refractivity contribution in [3.8, 4) is 0 Å². The fourth-order valence-corrected chi connectivity index (χ4v) is 1.30. The van der Waals surface area contributed by atoms with Crippen LogP contribution in [0, 0.1) is 0 Å². The van der Waals surface area contributed by atoms with Crippen LogP contribution < -0.4 is 16.6 Å². The van der Waals surface area contributed by atoms with E-state index >= 15 is 0 Å². The van der Waals surface area contributed by atoms with Crippen LogP contribution in [0.2, 0.25) is 0 Å². The Morgan fingerprint density at radius 1 is 1.22 bits per heavy atom. The first-order valence-electron chi connectivity index (χ1n) is 5.39. The second-order valence-corrected chi connectivity index (χ2v) is 4.73. The highest BCUT2D eigenvalue weighted by Gasteiger charge is 2.23. The maximum atomic E-state index is 11.8. The van der Waals surface area contributed by atoms with E-state index in [2.05, 4.69) is 0 Å². The molecule has 0 unspecified atom stereocenters. The molecule has 98 valence electrons. The van der Waals surface area contributed by atoms with Gasteiger partial charge in [-0.05, 0) is 32.9 Å². The molecule has 0 radical (unpaired) electrons. The highest BCUT2D eigenvalue weighted by molar-refractivity contribution is 6.02. The highest BCUT2D eigenvalue weighted by Crippen LogP contribution is 2.19. The van der Waals surface area contributed by atoms with E-state index < -0.39 is 17.6 Å². The maximum Gasteiger partial charge on any atom is 0.429 e. The van der Waals surface area contributed by atoms with Crippen molar-refractivity contribution >= 4 is 17.7 Å². The summed E-state index contributed by atoms with van der Waals surface area (Å²) in [5, 5.41) is 0.769. The third kappa shape index (κ3) is 3.46. The van der Waals surface area contributed by atoms with Gasteiger partial charge in [-0.25, -0.2) is 15.6 Å². The van der Waals surface area contributed by atoms with Gasteiger partial charge in [-0.15, -0.1) is 0 Å². The van der Waals surface area contributed by atoms with Crippen molar-refractivity contribution in [1.82, 2.24) is 0 Å². The number of para-hydroxylation sites is 1. The van der Waals surface area contributed by atoms with Gasteiger partial charge in [0.1, 0.15) is 5.60 Å². The monoisotopic (exact) mass is 251 g/mol. The molecule has 0 fully saturated rings. The predicted molar refractivity (Wildman–Crippen MR) is 67.9 cm³/mol. The zero-order valence-electron chi connectivity index (χ0n) is 10.6. The molecule has 1 rings (SSSR count). The molecule has 0 saturated heterocycles. The minimum Gasteiger partial charge on any atom is -0.442 e. The average molecular weight is 251 g/mol. The zero-order chi connectivity index (χ0) is 13.9. The highest BCUT2D eigenvalue weighted by atomic mass is 16.6. The number of nitrogens with two attached hydrogens (primary N) is 2. The molecular formula is C12H17N3O3. The third-order valence-electron chi connectivity index (χ3n) is 2.02. The SMILES string of the molecule is CC(C)(C)OC(=O)N(N)c1ccccc1C(N)=O. The lowest BCUT2D eigenvalue weighted by Crippen LogP contribution is -2.42. The third-order valence-corrected chi connectivity index (χ3v) is 2.02. The number of primary amides is 1. The van der Waals surface area contributed by atoms with E-state index in [1.165, 1.54) is 12.1 Å². The molecule has 0 saturated carbocycles. The standard InChI is InChI=1S/C12H17N3O3/c1-12(2,3)18-11(17)15(14)9-7-5-4-6-8(9)10(13)16/h4-7H,14H2,1-3H3,(H2,13,16). The molecule has 0 heterocycles. The van der Waals surface area contributed by atoms with E-state index in [-0.39, 0.29) is 11.3 Å². The minimum absolute atomic E-state index is 0.158. The van der Waals surface area contributed by atoms with Crippen LogP contribution in [0.1, 0.15) is 31.1 Å². The molecule has 0 aliphatic carbocycles. The summed E-state index contributed by atoms with van der Waals surface area (Å²) in [6.45, 7) is 5.16. The van der Waals surface area contributed by atoms with Gasteiger partial charge in [0.15, 0.2) is 0 Å². The number of carbonyl (C=O) groups is 2. The molecule has 0 bridgehead atoms. The number of ether oxygens (including phenoxy) is 1. The molecule has 0 aromatic heterocycles. The Hall–Kier alpha value is -2.08. The quantitative estimate of drug-likeness (QED) is 0.471. The van der Waals surface area contributed by atoms with Crippen molar-refractivity contribution in [3.63, 3.8) is 0 Å². The van der Waals surface area contributed by atoms with E-state index in [0.29, 0.717) is 0 Å². The number of anilines is 1. The van der Waals surface area contributed by atoms with E-state index in [9.17, 15) is 9.59 Å². The van der Waals surface area contributed by atoms with Crippen LogP contribution in [0.15, 0.2) is 24.3 Å². The van der Waals surface area contributed by atoms with Crippen LogP contribution in [-0.4, -0.2) is 17.6 Å². The van der Waals surface area contributed by atoms with Crippen LogP contribution in [0.3, 0.4) is 0 Å². The molecular weight excluding hydrogens is 234 g/mol. The summed E-state index contributed by atoms with van der Waals surface area (Å²) in [4.78, 5) is 23.0. The summed E-state index contributed by atoms with van der Waals surface area (Å²) in [5.74, 6) is 4.97. The molecule has 1 aromatic rings. The lowest BCUT2D eigenvalue weighted by molar-refractivity contribution is 0.0580. The second-order valence-electron chi connectivity index (χ2n) is 4.73. The number of amides is 2. The van der Waals surface area contributed by atoms with Gasteiger partial charge in [0.2, 0.25) is 0 Å². The lowest BCUT2D eigenvalue weighted by Gasteiger charge is -2.24. The van der Waals surface area contributed by atoms with E-state index in [1.807, 2.05) is 0 Å². The van der Waals surface area contributed by atoms with Crippen molar-refractivity contribution in [3.05, 3.63) is 29.8 Å². The van der Waals surface area contributed by atoms with Gasteiger partial charge in [0.05, 0.1) is 11.3 Å². The van der Waals surface area contributed by atoms with Crippen molar-refractivity contribution < 1.29 is 14.3 Å². The first-order chi connectivity index (χ1) is 8.22. The summed E-state index contributed by atoms with van der Waals surface area (Å²) in [5.41, 5.74) is 4.90. The Labute approximate surface area is 105 Å². The Kier molecular flexibility index (Phi) is 3.93. The largest absolute Gasteiger partial charge is 0.442 e. The summed E-state index contributed by atoms with van der Waals surface area (Å²) < 4.78 is 5.10. The fourth-order valence-electron chi connectivity index (χ4n) is 1.30. The lowest BCUT2D eigenvalue weighted by atomic mass is 10.1. The van der Waals surface area contributed by atoms with Crippen molar-refractivity contribution in [2.75, 3.05) is 5.01 Å². The summed E-state index contributed by atoms with van der Waals surface area (Å²) >= 11 is 0. The van der Waals surface area contributed by atoms with Gasteiger partial charge in [0.25, 0.3) is 5.91 Å². The van der Waals surface area contributed by atoms with Crippen LogP contribution >= 0.6 is 0 Å². The molecule has 1 aromatic carbocycles. The first-order valence-corrected chi connectivity index (χ1v) is 5.39. The van der Waals surface area contributed by atoms with Crippen LogP contribution in [0.5, 0.6) is 0 Å². The smallest absolute Gasteiger partial charge is 0.429 e. The van der Waals surface area contributed by atoms with E-state index in [4.69, 9.17) is 16.3 Å². The van der Waals surface area contributed by atoms with E-state index in [0.717, 1.165) is 5.01 Å². The van der Waals surface area contributed by atoms with E-state index in [1.54, 1.807) is 32.9 Å². The first kappa shape index (κ1) is 14.0. The molecule has 6 heteroatoms. The normalized spacial score (nSPS) is 10.9. The molecule has 6 nitrogen and oxygen atoms in total. The Bertz CT molecular complexity index is 466. The number of benzene rings is 1. The van der Waals surface area contributed by atoms with Crippen molar-refractivity contribution in [1.29, 1.82) is 0 Å². The van der Waals surface area contributed by atoms with Crippen molar-refractivity contribution in [2.45, 2.75) is 26.4 Å². The van der Waals surface area contributed by atoms with Crippen LogP contribution in [0.4, 0.5) is 10.5 Å². The van der Waals surface area contributed by atoms with Gasteiger partial charge in [0, 0.05) is 0 Å². The Morgan fingerprint density at radius 3 is 2.28 bits per heavy atom. The van der Waals surface area contributed by atoms with Crippen molar-refractivity contribution in [2.24, 2.45) is 11.6 Å². The molecule has 0 spiro atoms. The average Bonchev–Trinajstić information content (AvgIpc) is 2.25. The second kappa shape index (κ2) is 5.05. The molecule has 4 N–H and O–H groups in total. The molecule has 0 aliphatic heterocycles. The number of rotatable bonds is 2. The predicted octanol–water partition coefficient (Wildman–Crippen LogP) is 1.40. The minimum atomic E-state index is -0.754. The molecule has 0 atom stereocenters. The Morgan fingerprint density at radius 2 is 1.78 bits per heavy atom. The van der Waals surface area contributed by atoms with Gasteiger partial charge in [-0.2, -0.15) is 0 Å². The summed E-state index contributed by atoms with van der Waals surface area (Å²) in [6.07, 6.45) is -0.754. The fraction of sp³-hybridized carbons (Fsp3) is 0.333. The molecule has 18 heavy (non-hydrogen) atoms. The van der Waals surface area contributed by atoms with Crippen LogP contribution in [0.25, 0.3) is 0 Å². The maximum absolute atomic E-state index is 11.8. The number of nitrogens with zero attached hydrogens (tertiary/aromatic N) is 1. The number of hydrogen-bond donors (Lipinski definition) is 2. The Balaban J connectivity index is 3.00. The zero-order valence-corrected chi connectivity index (χ0v) is 10.6. The molecule has 2 amide bonds. The summed E-state index contributed by atoms with van der Waals surface area (Å²) in [7, 11) is 0. The van der Waals surface area contributed by atoms with Gasteiger partial charge >= 0.3 is 6.09 Å².